The molecule has 0 bridgehead atoms. The van der Waals surface area contributed by atoms with Gasteiger partial charge in [-0.1, -0.05) is 34.8 Å². The van der Waals surface area contributed by atoms with Crippen LogP contribution in [0.25, 0.3) is 0 Å². The standard InChI is InChI=1S/C16H12Cl3NO4/c1-8-4-9(2-3-11(8)17)24-7-15(21)20-14-5-10(16(22)23)12(18)6-13(14)19/h2-6H,7H2,1H3,(H,20,21)(H,22,23). The van der Waals surface area contributed by atoms with E-state index in [1.54, 1.807) is 18.2 Å². The Hall–Kier alpha value is -1.95. The number of carboxylic acid groups (broad SMARTS) is 1. The van der Waals surface area contributed by atoms with Crippen LogP contribution in [-0.2, 0) is 4.79 Å². The molecule has 0 atom stereocenters. The van der Waals surface area contributed by atoms with E-state index in [0.717, 1.165) is 5.56 Å². The molecule has 2 aromatic carbocycles. The molecule has 1 amide bonds. The fraction of sp³-hybridized carbons (Fsp3) is 0.125. The minimum Gasteiger partial charge on any atom is -0.484 e. The van der Waals surface area contributed by atoms with Crippen LogP contribution in [0.1, 0.15) is 15.9 Å². The van der Waals surface area contributed by atoms with Crippen molar-refractivity contribution in [3.8, 4) is 5.75 Å². The number of aryl methyl sites for hydroxylation is 1. The third kappa shape index (κ3) is 4.54. The summed E-state index contributed by atoms with van der Waals surface area (Å²) in [5, 5.41) is 12.2. The van der Waals surface area contributed by atoms with Crippen LogP contribution in [0.4, 0.5) is 5.69 Å². The van der Waals surface area contributed by atoms with E-state index in [-0.39, 0.29) is 27.9 Å². The molecule has 0 radical (unpaired) electrons. The molecule has 24 heavy (non-hydrogen) atoms. The van der Waals surface area contributed by atoms with Gasteiger partial charge >= 0.3 is 5.97 Å². The van der Waals surface area contributed by atoms with Crippen molar-refractivity contribution in [3.05, 3.63) is 56.5 Å². The summed E-state index contributed by atoms with van der Waals surface area (Å²) in [4.78, 5) is 23.0. The quantitative estimate of drug-likeness (QED) is 0.780. The summed E-state index contributed by atoms with van der Waals surface area (Å²) in [5.74, 6) is -1.23. The van der Waals surface area contributed by atoms with Crippen molar-refractivity contribution < 1.29 is 19.4 Å². The minimum atomic E-state index is -1.22. The molecule has 0 aliphatic heterocycles. The maximum atomic E-state index is 12.0. The van der Waals surface area contributed by atoms with Gasteiger partial charge in [-0.3, -0.25) is 4.79 Å². The van der Waals surface area contributed by atoms with Crippen LogP contribution in [0.5, 0.6) is 5.75 Å². The molecule has 0 aromatic heterocycles. The maximum Gasteiger partial charge on any atom is 0.337 e. The van der Waals surface area contributed by atoms with Gasteiger partial charge in [-0.05, 0) is 42.8 Å². The third-order valence-corrected chi connectivity index (χ3v) is 4.11. The van der Waals surface area contributed by atoms with E-state index >= 15 is 0 Å². The number of benzene rings is 2. The molecule has 0 aliphatic rings. The largest absolute Gasteiger partial charge is 0.484 e. The van der Waals surface area contributed by atoms with Crippen molar-refractivity contribution in [1.82, 2.24) is 0 Å². The van der Waals surface area contributed by atoms with E-state index in [0.29, 0.717) is 10.8 Å². The van der Waals surface area contributed by atoms with Crippen LogP contribution in [0.3, 0.4) is 0 Å². The molecular weight excluding hydrogens is 377 g/mol. The Morgan fingerprint density at radius 2 is 1.79 bits per heavy atom. The number of hydrogen-bond donors (Lipinski definition) is 2. The molecule has 0 fully saturated rings. The van der Waals surface area contributed by atoms with Gasteiger partial charge < -0.3 is 15.2 Å². The van der Waals surface area contributed by atoms with E-state index in [2.05, 4.69) is 5.32 Å². The lowest BCUT2D eigenvalue weighted by molar-refractivity contribution is -0.118. The number of aromatic carboxylic acids is 1. The maximum absolute atomic E-state index is 12.0. The molecule has 5 nitrogen and oxygen atoms in total. The lowest BCUT2D eigenvalue weighted by Gasteiger charge is -2.11. The predicted octanol–water partition coefficient (Wildman–Crippen LogP) is 4.67. The Bertz CT molecular complexity index is 808. The number of halogens is 3. The second kappa shape index (κ2) is 7.75. The van der Waals surface area contributed by atoms with E-state index < -0.39 is 11.9 Å². The molecular formula is C16H12Cl3NO4. The number of nitrogens with one attached hydrogen (secondary N) is 1. The van der Waals surface area contributed by atoms with Crippen molar-refractivity contribution in [1.29, 1.82) is 0 Å². The SMILES string of the molecule is Cc1cc(OCC(=O)Nc2cc(C(=O)O)c(Cl)cc2Cl)ccc1Cl. The van der Waals surface area contributed by atoms with Gasteiger partial charge in [0.1, 0.15) is 5.75 Å². The van der Waals surface area contributed by atoms with Crippen LogP contribution in [0.2, 0.25) is 15.1 Å². The summed E-state index contributed by atoms with van der Waals surface area (Å²) in [6.07, 6.45) is 0. The van der Waals surface area contributed by atoms with E-state index in [1.165, 1.54) is 12.1 Å². The van der Waals surface area contributed by atoms with Crippen molar-refractivity contribution >= 4 is 52.4 Å². The van der Waals surface area contributed by atoms with Gasteiger partial charge in [-0.15, -0.1) is 0 Å². The molecule has 0 unspecified atom stereocenters. The fourth-order valence-electron chi connectivity index (χ4n) is 1.85. The first-order chi connectivity index (χ1) is 11.3. The number of carbonyl (C=O) groups excluding carboxylic acids is 1. The summed E-state index contributed by atoms with van der Waals surface area (Å²) in [5.41, 5.74) is 0.798. The zero-order valence-electron chi connectivity index (χ0n) is 12.4. The van der Waals surface area contributed by atoms with Crippen molar-refractivity contribution in [2.75, 3.05) is 11.9 Å². The second-order valence-electron chi connectivity index (χ2n) is 4.86. The molecule has 8 heteroatoms. The van der Waals surface area contributed by atoms with Gasteiger partial charge in [-0.2, -0.15) is 0 Å². The van der Waals surface area contributed by atoms with Crippen molar-refractivity contribution in [2.24, 2.45) is 0 Å². The molecule has 0 saturated carbocycles. The van der Waals surface area contributed by atoms with Crippen molar-refractivity contribution in [3.63, 3.8) is 0 Å². The van der Waals surface area contributed by atoms with Gasteiger partial charge in [0, 0.05) is 5.02 Å². The fourth-order valence-corrected chi connectivity index (χ4v) is 2.48. The van der Waals surface area contributed by atoms with Gasteiger partial charge in [-0.25, -0.2) is 4.79 Å². The Morgan fingerprint density at radius 3 is 2.42 bits per heavy atom. The topological polar surface area (TPSA) is 75.6 Å². The minimum absolute atomic E-state index is 0.0154. The average molecular weight is 389 g/mol. The van der Waals surface area contributed by atoms with Crippen molar-refractivity contribution in [2.45, 2.75) is 6.92 Å². The van der Waals surface area contributed by atoms with Crippen LogP contribution < -0.4 is 10.1 Å². The number of rotatable bonds is 5. The summed E-state index contributed by atoms with van der Waals surface area (Å²) in [7, 11) is 0. The summed E-state index contributed by atoms with van der Waals surface area (Å²) < 4.78 is 5.36. The number of ether oxygens (including phenoxy) is 1. The summed E-state index contributed by atoms with van der Waals surface area (Å²) in [6, 6.07) is 7.45. The third-order valence-electron chi connectivity index (χ3n) is 3.06. The number of amides is 1. The molecule has 0 saturated heterocycles. The van der Waals surface area contributed by atoms with E-state index in [1.807, 2.05) is 6.92 Å². The Morgan fingerprint density at radius 1 is 1.08 bits per heavy atom. The molecule has 0 aliphatic carbocycles. The second-order valence-corrected chi connectivity index (χ2v) is 6.09. The first-order valence-corrected chi connectivity index (χ1v) is 7.82. The zero-order valence-corrected chi connectivity index (χ0v) is 14.7. The average Bonchev–Trinajstić information content (AvgIpc) is 2.50. The molecule has 2 rings (SSSR count). The van der Waals surface area contributed by atoms with E-state index in [9.17, 15) is 9.59 Å². The molecule has 126 valence electrons. The lowest BCUT2D eigenvalue weighted by atomic mass is 10.2. The van der Waals surface area contributed by atoms with Crippen LogP contribution in [0, 0.1) is 6.92 Å². The van der Waals surface area contributed by atoms with Gasteiger partial charge in [0.2, 0.25) is 0 Å². The van der Waals surface area contributed by atoms with Gasteiger partial charge in [0.25, 0.3) is 5.91 Å². The molecule has 0 heterocycles. The van der Waals surface area contributed by atoms with Gasteiger partial charge in [0.05, 0.1) is 21.3 Å². The lowest BCUT2D eigenvalue weighted by Crippen LogP contribution is -2.20. The van der Waals surface area contributed by atoms with Crippen LogP contribution in [0.15, 0.2) is 30.3 Å². The Kier molecular flexibility index (Phi) is 5.94. The summed E-state index contributed by atoms with van der Waals surface area (Å²) in [6.45, 7) is 1.54. The number of carbonyl (C=O) groups is 2. The van der Waals surface area contributed by atoms with Crippen LogP contribution in [-0.4, -0.2) is 23.6 Å². The summed E-state index contributed by atoms with van der Waals surface area (Å²) >= 11 is 17.7. The highest BCUT2D eigenvalue weighted by atomic mass is 35.5. The Balaban J connectivity index is 2.05. The zero-order chi connectivity index (χ0) is 17.9. The first kappa shape index (κ1) is 18.4. The first-order valence-electron chi connectivity index (χ1n) is 6.69. The molecule has 2 N–H and O–H groups in total. The molecule has 0 spiro atoms. The number of anilines is 1. The van der Waals surface area contributed by atoms with Crippen LogP contribution >= 0.6 is 34.8 Å². The molecule has 2 aromatic rings. The number of carboxylic acids is 1. The van der Waals surface area contributed by atoms with E-state index in [4.69, 9.17) is 44.6 Å². The predicted molar refractivity (Wildman–Crippen MR) is 93.7 cm³/mol. The smallest absolute Gasteiger partial charge is 0.337 e. The highest BCUT2D eigenvalue weighted by Crippen LogP contribution is 2.29. The number of hydrogen-bond acceptors (Lipinski definition) is 3. The monoisotopic (exact) mass is 387 g/mol. The Labute approximate surface area is 153 Å². The highest BCUT2D eigenvalue weighted by Gasteiger charge is 2.15. The highest BCUT2D eigenvalue weighted by molar-refractivity contribution is 6.38. The normalized spacial score (nSPS) is 10.3. The van der Waals surface area contributed by atoms with Gasteiger partial charge in [0.15, 0.2) is 6.61 Å².